The summed E-state index contributed by atoms with van der Waals surface area (Å²) < 4.78 is 41.4. The Balaban J connectivity index is 1.98. The zero-order valence-electron chi connectivity index (χ0n) is 14.6. The first-order valence-electron chi connectivity index (χ1n) is 8.29. The van der Waals surface area contributed by atoms with Crippen molar-refractivity contribution in [1.29, 1.82) is 0 Å². The van der Waals surface area contributed by atoms with Gasteiger partial charge in [-0.15, -0.1) is 0 Å². The summed E-state index contributed by atoms with van der Waals surface area (Å²) in [6.07, 6.45) is -4.92. The molecule has 0 aliphatic rings. The first-order chi connectivity index (χ1) is 13.2. The number of hydrogen-bond donors (Lipinski definition) is 1. The van der Waals surface area contributed by atoms with Crippen molar-refractivity contribution in [3.63, 3.8) is 0 Å². The second kappa shape index (κ2) is 7.75. The van der Waals surface area contributed by atoms with Crippen molar-refractivity contribution in [2.24, 2.45) is 0 Å². The van der Waals surface area contributed by atoms with Crippen LogP contribution < -0.4 is 10.9 Å². The molecule has 0 unspecified atom stereocenters. The van der Waals surface area contributed by atoms with Gasteiger partial charge >= 0.3 is 6.18 Å². The van der Waals surface area contributed by atoms with E-state index in [2.05, 4.69) is 26.2 Å². The summed E-state index contributed by atoms with van der Waals surface area (Å²) >= 11 is 3.33. The number of fused-ring (bicyclic) bond motifs is 1. The van der Waals surface area contributed by atoms with Crippen LogP contribution in [-0.2, 0) is 17.5 Å². The number of alkyl halides is 3. The van der Waals surface area contributed by atoms with Crippen LogP contribution in [-0.4, -0.2) is 15.5 Å². The minimum absolute atomic E-state index is 0.0129. The van der Waals surface area contributed by atoms with Gasteiger partial charge in [-0.2, -0.15) is 13.2 Å². The number of para-hydroxylation sites is 2. The van der Waals surface area contributed by atoms with Crippen LogP contribution in [0, 0.1) is 0 Å². The molecule has 146 valence electrons. The summed E-state index contributed by atoms with van der Waals surface area (Å²) in [5, 5.41) is 2.65. The molecule has 0 aliphatic heterocycles. The number of aromatic nitrogens is 2. The lowest BCUT2D eigenvalue weighted by atomic mass is 10.2. The highest BCUT2D eigenvalue weighted by Gasteiger charge is 2.38. The maximum atomic E-state index is 13.2. The number of amides is 1. The summed E-state index contributed by atoms with van der Waals surface area (Å²) in [5.41, 5.74) is -1.95. The molecular weight excluding hydrogens is 439 g/mol. The van der Waals surface area contributed by atoms with Gasteiger partial charge in [-0.3, -0.25) is 14.2 Å². The van der Waals surface area contributed by atoms with Gasteiger partial charge in [0.1, 0.15) is 6.04 Å². The number of halogens is 4. The Bertz CT molecular complexity index is 1100. The normalized spacial score (nSPS) is 12.8. The van der Waals surface area contributed by atoms with Gasteiger partial charge in [0.15, 0.2) is 0 Å². The summed E-state index contributed by atoms with van der Waals surface area (Å²) in [6.45, 7) is 1.55. The molecule has 2 aromatic carbocycles. The predicted molar refractivity (Wildman–Crippen MR) is 102 cm³/mol. The van der Waals surface area contributed by atoms with E-state index in [0.717, 1.165) is 14.6 Å². The number of hydrogen-bond acceptors (Lipinski definition) is 3. The smallest absolute Gasteiger partial charge is 0.350 e. The fourth-order valence-corrected chi connectivity index (χ4v) is 3.27. The molecule has 0 saturated heterocycles. The van der Waals surface area contributed by atoms with Crippen molar-refractivity contribution >= 4 is 32.9 Å². The van der Waals surface area contributed by atoms with Gasteiger partial charge in [-0.05, 0) is 36.8 Å². The van der Waals surface area contributed by atoms with Gasteiger partial charge in [0.25, 0.3) is 5.56 Å². The second-order valence-corrected chi connectivity index (χ2v) is 7.06. The fraction of sp³-hybridized carbons (Fsp3) is 0.211. The number of nitrogens with one attached hydrogen (secondary N) is 1. The summed E-state index contributed by atoms with van der Waals surface area (Å²) in [4.78, 5) is 28.5. The molecule has 5 nitrogen and oxygen atoms in total. The molecule has 9 heteroatoms. The molecule has 28 heavy (non-hydrogen) atoms. The third kappa shape index (κ3) is 4.09. The van der Waals surface area contributed by atoms with Crippen LogP contribution in [0.25, 0.3) is 11.0 Å². The van der Waals surface area contributed by atoms with Crippen molar-refractivity contribution < 1.29 is 18.0 Å². The highest BCUT2D eigenvalue weighted by molar-refractivity contribution is 9.10. The molecule has 0 fully saturated rings. The quantitative estimate of drug-likeness (QED) is 0.647. The van der Waals surface area contributed by atoms with E-state index in [1.54, 1.807) is 24.3 Å². The highest BCUT2D eigenvalue weighted by atomic mass is 79.9. The standard InChI is InChI=1S/C19H15BrF3N3O2/c1-11(17(27)24-10-12-5-4-6-13(20)9-12)26-15-8-3-2-7-14(15)25-16(18(26)28)19(21,22)23/h2-9,11H,10H2,1H3,(H,24,27)/t11-/m1/s1. The molecule has 0 aliphatic carbocycles. The summed E-state index contributed by atoms with van der Waals surface area (Å²) in [7, 11) is 0. The molecule has 0 bridgehead atoms. The predicted octanol–water partition coefficient (Wildman–Crippen LogP) is 4.06. The van der Waals surface area contributed by atoms with E-state index < -0.39 is 29.4 Å². The van der Waals surface area contributed by atoms with Crippen molar-refractivity contribution in [2.45, 2.75) is 25.7 Å². The van der Waals surface area contributed by atoms with Gasteiger partial charge in [0.05, 0.1) is 11.0 Å². The topological polar surface area (TPSA) is 64.0 Å². The lowest BCUT2D eigenvalue weighted by Gasteiger charge is -2.19. The van der Waals surface area contributed by atoms with Crippen LogP contribution in [0.2, 0.25) is 0 Å². The Morgan fingerprint density at radius 2 is 1.93 bits per heavy atom. The number of benzene rings is 2. The molecule has 1 atom stereocenters. The van der Waals surface area contributed by atoms with Gasteiger partial charge in [-0.25, -0.2) is 4.98 Å². The van der Waals surface area contributed by atoms with Gasteiger partial charge in [0.2, 0.25) is 11.6 Å². The Kier molecular flexibility index (Phi) is 5.55. The van der Waals surface area contributed by atoms with Crippen LogP contribution in [0.5, 0.6) is 0 Å². The van der Waals surface area contributed by atoms with E-state index in [-0.39, 0.29) is 17.6 Å². The molecule has 1 heterocycles. The van der Waals surface area contributed by atoms with Crippen LogP contribution in [0.3, 0.4) is 0 Å². The lowest BCUT2D eigenvalue weighted by molar-refractivity contribution is -0.142. The largest absolute Gasteiger partial charge is 0.438 e. The maximum absolute atomic E-state index is 13.2. The molecule has 1 amide bonds. The third-order valence-electron chi connectivity index (χ3n) is 4.19. The van der Waals surface area contributed by atoms with Crippen LogP contribution >= 0.6 is 15.9 Å². The SMILES string of the molecule is C[C@H](C(=O)NCc1cccc(Br)c1)n1c(=O)c(C(F)(F)F)nc2ccccc21. The number of nitrogens with zero attached hydrogens (tertiary/aromatic N) is 2. The summed E-state index contributed by atoms with van der Waals surface area (Å²) in [5.74, 6) is -0.577. The van der Waals surface area contributed by atoms with Crippen molar-refractivity contribution in [1.82, 2.24) is 14.9 Å². The Hall–Kier alpha value is -2.68. The summed E-state index contributed by atoms with van der Waals surface area (Å²) in [6, 6.07) is 12.0. The van der Waals surface area contributed by atoms with E-state index in [9.17, 15) is 22.8 Å². The average Bonchev–Trinajstić information content (AvgIpc) is 2.64. The first-order valence-corrected chi connectivity index (χ1v) is 9.08. The van der Waals surface area contributed by atoms with Crippen molar-refractivity contribution in [3.05, 3.63) is 74.6 Å². The number of carbonyl (C=O) groups is 1. The van der Waals surface area contributed by atoms with Crippen molar-refractivity contribution in [3.8, 4) is 0 Å². The Labute approximate surface area is 166 Å². The van der Waals surface area contributed by atoms with Crippen LogP contribution in [0.4, 0.5) is 13.2 Å². The first kappa shape index (κ1) is 20.1. The zero-order valence-corrected chi connectivity index (χ0v) is 16.2. The molecule has 0 saturated carbocycles. The molecule has 0 spiro atoms. The lowest BCUT2D eigenvalue weighted by Crippen LogP contribution is -2.38. The van der Waals surface area contributed by atoms with E-state index in [1.165, 1.54) is 25.1 Å². The van der Waals surface area contributed by atoms with E-state index >= 15 is 0 Å². The minimum atomic E-state index is -4.92. The maximum Gasteiger partial charge on any atom is 0.438 e. The molecule has 1 aromatic heterocycles. The highest BCUT2D eigenvalue weighted by Crippen LogP contribution is 2.27. The second-order valence-electron chi connectivity index (χ2n) is 6.15. The zero-order chi connectivity index (χ0) is 20.5. The van der Waals surface area contributed by atoms with Gasteiger partial charge < -0.3 is 5.32 Å². The fourth-order valence-electron chi connectivity index (χ4n) is 2.82. The van der Waals surface area contributed by atoms with E-state index in [0.29, 0.717) is 0 Å². The Morgan fingerprint density at radius 3 is 2.61 bits per heavy atom. The van der Waals surface area contributed by atoms with Gasteiger partial charge in [-0.1, -0.05) is 40.2 Å². The number of rotatable bonds is 4. The van der Waals surface area contributed by atoms with Crippen molar-refractivity contribution in [2.75, 3.05) is 0 Å². The van der Waals surface area contributed by atoms with Crippen LogP contribution in [0.15, 0.2) is 57.8 Å². The van der Waals surface area contributed by atoms with E-state index in [4.69, 9.17) is 0 Å². The van der Waals surface area contributed by atoms with E-state index in [1.807, 2.05) is 6.07 Å². The molecule has 3 aromatic rings. The molecule has 0 radical (unpaired) electrons. The average molecular weight is 454 g/mol. The third-order valence-corrected chi connectivity index (χ3v) is 4.68. The molecular formula is C19H15BrF3N3O2. The van der Waals surface area contributed by atoms with Gasteiger partial charge in [0, 0.05) is 11.0 Å². The minimum Gasteiger partial charge on any atom is -0.350 e. The molecule has 1 N–H and O–H groups in total. The molecule has 3 rings (SSSR count). The number of carbonyl (C=O) groups excluding carboxylic acids is 1. The monoisotopic (exact) mass is 453 g/mol. The Morgan fingerprint density at radius 1 is 1.21 bits per heavy atom. The van der Waals surface area contributed by atoms with Crippen LogP contribution in [0.1, 0.15) is 24.2 Å².